The molecule has 2 rings (SSSR count). The van der Waals surface area contributed by atoms with Gasteiger partial charge in [-0.1, -0.05) is 50.6 Å². The normalized spacial score (nSPS) is 25.1. The second-order valence-electron chi connectivity index (χ2n) is 6.37. The minimum absolute atomic E-state index is 0.0416. The number of hydrogen-bond acceptors (Lipinski definition) is 2. The van der Waals surface area contributed by atoms with Crippen molar-refractivity contribution in [3.05, 3.63) is 35.9 Å². The van der Waals surface area contributed by atoms with Crippen molar-refractivity contribution in [1.29, 1.82) is 0 Å². The topological polar surface area (TPSA) is 30.7 Å². The molecule has 0 amide bonds. The van der Waals surface area contributed by atoms with E-state index < -0.39 is 0 Å². The molecular formula is C18H28NO2+. The van der Waals surface area contributed by atoms with E-state index in [1.54, 1.807) is 0 Å². The molecule has 3 heteroatoms. The van der Waals surface area contributed by atoms with Crippen LogP contribution in [0.3, 0.4) is 0 Å². The van der Waals surface area contributed by atoms with Crippen molar-refractivity contribution in [2.75, 3.05) is 20.1 Å². The van der Waals surface area contributed by atoms with E-state index in [1.807, 2.05) is 30.3 Å². The van der Waals surface area contributed by atoms with Gasteiger partial charge in [-0.3, -0.25) is 4.79 Å². The average Bonchev–Trinajstić information content (AvgIpc) is 2.50. The number of carbonyl (C=O) groups excluding carboxylic acids is 1. The summed E-state index contributed by atoms with van der Waals surface area (Å²) in [6.07, 6.45) is 3.06. The van der Waals surface area contributed by atoms with Crippen LogP contribution in [0.1, 0.15) is 44.6 Å². The lowest BCUT2D eigenvalue weighted by Crippen LogP contribution is -3.10. The summed E-state index contributed by atoms with van der Waals surface area (Å²) in [4.78, 5) is 14.2. The van der Waals surface area contributed by atoms with Gasteiger partial charge in [0.25, 0.3) is 0 Å². The summed E-state index contributed by atoms with van der Waals surface area (Å²) in [6.45, 7) is 6.46. The number of ether oxygens (including phenoxy) is 1. The molecule has 0 saturated carbocycles. The first-order chi connectivity index (χ1) is 10.1. The van der Waals surface area contributed by atoms with Gasteiger partial charge in [0.15, 0.2) is 0 Å². The number of rotatable bonds is 5. The van der Waals surface area contributed by atoms with Gasteiger partial charge in [0.05, 0.1) is 26.1 Å². The van der Waals surface area contributed by atoms with E-state index in [4.69, 9.17) is 4.74 Å². The van der Waals surface area contributed by atoms with Crippen LogP contribution in [0.4, 0.5) is 0 Å². The predicted molar refractivity (Wildman–Crippen MR) is 84.4 cm³/mol. The standard InChI is InChI=1S/C18H27NO2/c1-4-14(2)17(15-8-6-5-7-9-15)18(20)21-16-10-12-19(3)13-11-16/h5-9,14,16-17H,4,10-13H2,1-3H3/p+1/t14-,17+/m1/s1. The number of nitrogens with one attached hydrogen (secondary N) is 1. The molecule has 116 valence electrons. The van der Waals surface area contributed by atoms with Crippen molar-refractivity contribution in [3.8, 4) is 0 Å². The Bertz CT molecular complexity index is 438. The van der Waals surface area contributed by atoms with Crippen molar-refractivity contribution in [2.24, 2.45) is 5.92 Å². The summed E-state index contributed by atoms with van der Waals surface area (Å²) >= 11 is 0. The molecule has 1 N–H and O–H groups in total. The Kier molecular flexibility index (Phi) is 5.80. The summed E-state index contributed by atoms with van der Waals surface area (Å²) in [5.41, 5.74) is 1.08. The van der Waals surface area contributed by atoms with Gasteiger partial charge in [0.1, 0.15) is 6.10 Å². The molecule has 1 aromatic carbocycles. The van der Waals surface area contributed by atoms with Crippen molar-refractivity contribution in [3.63, 3.8) is 0 Å². The monoisotopic (exact) mass is 290 g/mol. The molecule has 0 unspecified atom stereocenters. The van der Waals surface area contributed by atoms with Gasteiger partial charge in [0.2, 0.25) is 0 Å². The number of benzene rings is 1. The van der Waals surface area contributed by atoms with Crippen LogP contribution in [0.2, 0.25) is 0 Å². The summed E-state index contributed by atoms with van der Waals surface area (Å²) in [5.74, 6) is 0.125. The maximum absolute atomic E-state index is 12.7. The van der Waals surface area contributed by atoms with Crippen molar-refractivity contribution >= 4 is 5.97 Å². The Balaban J connectivity index is 2.05. The van der Waals surface area contributed by atoms with Gasteiger partial charge in [-0.15, -0.1) is 0 Å². The highest BCUT2D eigenvalue weighted by Crippen LogP contribution is 2.29. The van der Waals surface area contributed by atoms with Gasteiger partial charge in [-0.25, -0.2) is 0 Å². The third-order valence-corrected chi connectivity index (χ3v) is 4.69. The highest BCUT2D eigenvalue weighted by Gasteiger charge is 2.30. The largest absolute Gasteiger partial charge is 0.461 e. The molecule has 2 atom stereocenters. The smallest absolute Gasteiger partial charge is 0.313 e. The molecule has 21 heavy (non-hydrogen) atoms. The van der Waals surface area contributed by atoms with Crippen molar-refractivity contribution in [1.82, 2.24) is 0 Å². The highest BCUT2D eigenvalue weighted by atomic mass is 16.5. The van der Waals surface area contributed by atoms with Crippen molar-refractivity contribution < 1.29 is 14.4 Å². The molecule has 0 bridgehead atoms. The fourth-order valence-corrected chi connectivity index (χ4v) is 3.03. The fourth-order valence-electron chi connectivity index (χ4n) is 3.03. The number of carbonyl (C=O) groups is 1. The first-order valence-corrected chi connectivity index (χ1v) is 8.18. The molecule has 0 aromatic heterocycles. The Morgan fingerprint density at radius 1 is 1.29 bits per heavy atom. The molecule has 3 nitrogen and oxygen atoms in total. The molecule has 1 fully saturated rings. The molecule has 1 aromatic rings. The van der Waals surface area contributed by atoms with Gasteiger partial charge in [0, 0.05) is 12.8 Å². The van der Waals surface area contributed by atoms with Crippen LogP contribution < -0.4 is 4.90 Å². The number of hydrogen-bond donors (Lipinski definition) is 1. The summed E-state index contributed by atoms with van der Waals surface area (Å²) in [5, 5.41) is 0. The molecule has 0 aliphatic carbocycles. The highest BCUT2D eigenvalue weighted by molar-refractivity contribution is 5.78. The average molecular weight is 290 g/mol. The van der Waals surface area contributed by atoms with Crippen LogP contribution in [-0.4, -0.2) is 32.2 Å². The SMILES string of the molecule is CC[C@@H](C)[C@H](C(=O)OC1CC[NH+](C)CC1)c1ccccc1. The minimum atomic E-state index is -0.136. The summed E-state index contributed by atoms with van der Waals surface area (Å²) in [7, 11) is 2.20. The van der Waals surface area contributed by atoms with Gasteiger partial charge in [-0.05, 0) is 11.5 Å². The zero-order valence-corrected chi connectivity index (χ0v) is 13.5. The van der Waals surface area contributed by atoms with Crippen LogP contribution >= 0.6 is 0 Å². The zero-order valence-electron chi connectivity index (χ0n) is 13.5. The zero-order chi connectivity index (χ0) is 15.2. The lowest BCUT2D eigenvalue weighted by molar-refractivity contribution is -0.885. The predicted octanol–water partition coefficient (Wildman–Crippen LogP) is 2.04. The van der Waals surface area contributed by atoms with E-state index in [2.05, 4.69) is 20.9 Å². The summed E-state index contributed by atoms with van der Waals surface area (Å²) in [6, 6.07) is 10.1. The number of piperidine rings is 1. The van der Waals surface area contributed by atoms with Crippen LogP contribution in [-0.2, 0) is 9.53 Å². The van der Waals surface area contributed by atoms with Crippen molar-refractivity contribution in [2.45, 2.75) is 45.1 Å². The lowest BCUT2D eigenvalue weighted by Gasteiger charge is -2.29. The molecular weight excluding hydrogens is 262 g/mol. The number of esters is 1. The van der Waals surface area contributed by atoms with Crippen LogP contribution in [0.15, 0.2) is 30.3 Å². The Hall–Kier alpha value is -1.35. The second-order valence-corrected chi connectivity index (χ2v) is 6.37. The maximum atomic E-state index is 12.7. The van der Waals surface area contributed by atoms with Crippen LogP contribution in [0.5, 0.6) is 0 Å². The molecule has 0 spiro atoms. The van der Waals surface area contributed by atoms with Gasteiger partial charge < -0.3 is 9.64 Å². The maximum Gasteiger partial charge on any atom is 0.313 e. The molecule has 1 heterocycles. The third kappa shape index (κ3) is 4.31. The van der Waals surface area contributed by atoms with Crippen LogP contribution in [0.25, 0.3) is 0 Å². The fraction of sp³-hybridized carbons (Fsp3) is 0.611. The number of likely N-dealkylation sites (tertiary alicyclic amines) is 1. The van der Waals surface area contributed by atoms with E-state index in [9.17, 15) is 4.79 Å². The van der Waals surface area contributed by atoms with E-state index in [-0.39, 0.29) is 18.0 Å². The minimum Gasteiger partial charge on any atom is -0.461 e. The molecule has 0 radical (unpaired) electrons. The van der Waals surface area contributed by atoms with Gasteiger partial charge >= 0.3 is 5.97 Å². The Morgan fingerprint density at radius 3 is 2.48 bits per heavy atom. The van der Waals surface area contributed by atoms with E-state index in [1.165, 1.54) is 4.90 Å². The van der Waals surface area contributed by atoms with E-state index in [0.29, 0.717) is 5.92 Å². The summed E-state index contributed by atoms with van der Waals surface area (Å²) < 4.78 is 5.83. The Labute approximate surface area is 128 Å². The Morgan fingerprint density at radius 2 is 1.90 bits per heavy atom. The van der Waals surface area contributed by atoms with Gasteiger partial charge in [-0.2, -0.15) is 0 Å². The number of quaternary nitrogens is 1. The third-order valence-electron chi connectivity index (χ3n) is 4.69. The first kappa shape index (κ1) is 16.0. The first-order valence-electron chi connectivity index (χ1n) is 8.18. The quantitative estimate of drug-likeness (QED) is 0.841. The van der Waals surface area contributed by atoms with E-state index in [0.717, 1.165) is 37.9 Å². The molecule has 1 aliphatic rings. The second kappa shape index (κ2) is 7.60. The van der Waals surface area contributed by atoms with E-state index >= 15 is 0 Å². The lowest BCUT2D eigenvalue weighted by atomic mass is 9.85. The molecule has 1 saturated heterocycles. The molecule has 1 aliphatic heterocycles. The van der Waals surface area contributed by atoms with Crippen LogP contribution in [0, 0.1) is 5.92 Å².